The molecule has 0 aliphatic heterocycles. The average Bonchev–Trinajstić information content (AvgIpc) is 2.54. The molecule has 0 spiro atoms. The van der Waals surface area contributed by atoms with Gasteiger partial charge in [-0.2, -0.15) is 0 Å². The van der Waals surface area contributed by atoms with Crippen LogP contribution in [0.2, 0.25) is 0 Å². The van der Waals surface area contributed by atoms with Crippen LogP contribution in [-0.4, -0.2) is 23.6 Å². The number of nitrogens with two attached hydrogens (primary N) is 1. The third kappa shape index (κ3) is 5.30. The van der Waals surface area contributed by atoms with Crippen LogP contribution in [0.5, 0.6) is 0 Å². The fourth-order valence-electron chi connectivity index (χ4n) is 1.75. The molecule has 8 heteroatoms. The third-order valence-electron chi connectivity index (χ3n) is 2.86. The van der Waals surface area contributed by atoms with Crippen LogP contribution in [0, 0.1) is 5.82 Å². The van der Waals surface area contributed by atoms with Crippen LogP contribution in [0.15, 0.2) is 36.4 Å². The van der Waals surface area contributed by atoms with Crippen LogP contribution in [0.25, 0.3) is 0 Å². The molecule has 0 saturated heterocycles. The molecule has 0 unspecified atom stereocenters. The quantitative estimate of drug-likeness (QED) is 0.704. The van der Waals surface area contributed by atoms with Crippen LogP contribution in [0.3, 0.4) is 0 Å². The number of anilines is 3. The highest BCUT2D eigenvalue weighted by atomic mass is 35.5. The number of aromatic nitrogens is 1. The number of halogens is 2. The van der Waals surface area contributed by atoms with E-state index < -0.39 is 6.09 Å². The lowest BCUT2D eigenvalue weighted by atomic mass is 10.2. The number of nitrogens with one attached hydrogen (secondary N) is 2. The molecule has 1 aromatic carbocycles. The van der Waals surface area contributed by atoms with E-state index in [9.17, 15) is 9.18 Å². The van der Waals surface area contributed by atoms with Gasteiger partial charge in [-0.25, -0.2) is 14.2 Å². The van der Waals surface area contributed by atoms with Gasteiger partial charge in [-0.1, -0.05) is 12.1 Å². The van der Waals surface area contributed by atoms with Gasteiger partial charge in [0.15, 0.2) is 0 Å². The monoisotopic (exact) mass is 338 g/mol. The molecule has 1 aromatic heterocycles. The second kappa shape index (κ2) is 8.19. The van der Waals surface area contributed by atoms with Crippen molar-refractivity contribution in [2.45, 2.75) is 6.54 Å². The van der Waals surface area contributed by atoms with Gasteiger partial charge in [-0.3, -0.25) is 5.32 Å². The van der Waals surface area contributed by atoms with Crippen molar-refractivity contribution in [3.63, 3.8) is 0 Å². The zero-order valence-electron chi connectivity index (χ0n) is 12.2. The van der Waals surface area contributed by atoms with Crippen LogP contribution >= 0.6 is 11.6 Å². The second-order valence-corrected chi connectivity index (χ2v) is 4.94. The van der Waals surface area contributed by atoms with Crippen molar-refractivity contribution in [3.8, 4) is 0 Å². The lowest BCUT2D eigenvalue weighted by Gasteiger charge is -2.10. The SMILES string of the molecule is Nc1nc(NCc2ccc(F)cc2)ccc1NC(=O)OCCCl. The number of pyridine rings is 1. The van der Waals surface area contributed by atoms with Crippen LogP contribution < -0.4 is 16.4 Å². The first kappa shape index (κ1) is 16.8. The van der Waals surface area contributed by atoms with E-state index in [1.165, 1.54) is 12.1 Å². The first-order valence-corrected chi connectivity index (χ1v) is 7.36. The molecule has 0 saturated carbocycles. The molecule has 2 aromatic rings. The number of hydrogen-bond donors (Lipinski definition) is 3. The molecule has 0 radical (unpaired) electrons. The molecular weight excluding hydrogens is 323 g/mol. The summed E-state index contributed by atoms with van der Waals surface area (Å²) >= 11 is 5.42. The van der Waals surface area contributed by atoms with Crippen LogP contribution in [0.1, 0.15) is 5.56 Å². The van der Waals surface area contributed by atoms with Crippen molar-refractivity contribution < 1.29 is 13.9 Å². The molecule has 23 heavy (non-hydrogen) atoms. The predicted octanol–water partition coefficient (Wildman–Crippen LogP) is 3.20. The highest BCUT2D eigenvalue weighted by Gasteiger charge is 2.08. The van der Waals surface area contributed by atoms with Gasteiger partial charge >= 0.3 is 6.09 Å². The molecule has 0 atom stereocenters. The number of carbonyl (C=O) groups is 1. The van der Waals surface area contributed by atoms with Gasteiger partial charge in [0.1, 0.15) is 24.1 Å². The van der Waals surface area contributed by atoms with Crippen molar-refractivity contribution in [3.05, 3.63) is 47.8 Å². The highest BCUT2D eigenvalue weighted by Crippen LogP contribution is 2.19. The number of hydrogen-bond acceptors (Lipinski definition) is 5. The number of nitrogens with zero attached hydrogens (tertiary/aromatic N) is 1. The summed E-state index contributed by atoms with van der Waals surface area (Å²) in [6, 6.07) is 9.40. The summed E-state index contributed by atoms with van der Waals surface area (Å²) in [6.07, 6.45) is -0.647. The van der Waals surface area contributed by atoms with E-state index in [1.54, 1.807) is 24.3 Å². The molecule has 0 aliphatic rings. The Bertz CT molecular complexity index is 667. The fourth-order valence-corrected chi connectivity index (χ4v) is 1.83. The molecule has 0 fully saturated rings. The van der Waals surface area contributed by atoms with E-state index in [0.29, 0.717) is 18.1 Å². The first-order chi connectivity index (χ1) is 11.1. The molecular formula is C15H16ClFN4O2. The van der Waals surface area contributed by atoms with E-state index in [1.807, 2.05) is 0 Å². The third-order valence-corrected chi connectivity index (χ3v) is 3.01. The zero-order chi connectivity index (χ0) is 16.7. The number of amides is 1. The zero-order valence-corrected chi connectivity index (χ0v) is 12.9. The largest absolute Gasteiger partial charge is 0.448 e. The minimum Gasteiger partial charge on any atom is -0.448 e. The van der Waals surface area contributed by atoms with E-state index in [0.717, 1.165) is 5.56 Å². The Hall–Kier alpha value is -2.54. The van der Waals surface area contributed by atoms with Gasteiger partial charge in [0.25, 0.3) is 0 Å². The Morgan fingerprint density at radius 1 is 1.26 bits per heavy atom. The Morgan fingerprint density at radius 3 is 2.65 bits per heavy atom. The molecule has 6 nitrogen and oxygen atoms in total. The summed E-state index contributed by atoms with van der Waals surface area (Å²) in [6.45, 7) is 0.579. The summed E-state index contributed by atoms with van der Waals surface area (Å²) in [5.74, 6) is 0.615. The van der Waals surface area contributed by atoms with Crippen molar-refractivity contribution in [1.82, 2.24) is 4.98 Å². The topological polar surface area (TPSA) is 89.3 Å². The van der Waals surface area contributed by atoms with Gasteiger partial charge in [0.05, 0.1) is 11.6 Å². The average molecular weight is 339 g/mol. The maximum Gasteiger partial charge on any atom is 0.411 e. The second-order valence-electron chi connectivity index (χ2n) is 4.56. The summed E-state index contributed by atoms with van der Waals surface area (Å²) in [5.41, 5.74) is 7.04. The smallest absolute Gasteiger partial charge is 0.411 e. The van der Waals surface area contributed by atoms with Gasteiger partial charge in [0, 0.05) is 6.54 Å². The van der Waals surface area contributed by atoms with E-state index in [-0.39, 0.29) is 24.1 Å². The molecule has 0 aliphatic carbocycles. The first-order valence-electron chi connectivity index (χ1n) is 6.83. The number of benzene rings is 1. The summed E-state index contributed by atoms with van der Waals surface area (Å²) < 4.78 is 17.6. The summed E-state index contributed by atoms with van der Waals surface area (Å²) in [4.78, 5) is 15.6. The lowest BCUT2D eigenvalue weighted by molar-refractivity contribution is 0.168. The normalized spacial score (nSPS) is 10.2. The Kier molecular flexibility index (Phi) is 5.99. The van der Waals surface area contributed by atoms with Crippen LogP contribution in [0.4, 0.5) is 26.5 Å². The van der Waals surface area contributed by atoms with Crippen molar-refractivity contribution in [1.29, 1.82) is 0 Å². The van der Waals surface area contributed by atoms with E-state index >= 15 is 0 Å². The number of rotatable bonds is 6. The molecule has 2 rings (SSSR count). The van der Waals surface area contributed by atoms with Crippen molar-refractivity contribution in [2.24, 2.45) is 0 Å². The Labute approximate surface area is 137 Å². The van der Waals surface area contributed by atoms with E-state index in [2.05, 4.69) is 15.6 Å². The van der Waals surface area contributed by atoms with Crippen LogP contribution in [-0.2, 0) is 11.3 Å². The van der Waals surface area contributed by atoms with Gasteiger partial charge in [-0.15, -0.1) is 11.6 Å². The maximum absolute atomic E-state index is 12.8. The van der Waals surface area contributed by atoms with Gasteiger partial charge < -0.3 is 15.8 Å². The molecule has 4 N–H and O–H groups in total. The maximum atomic E-state index is 12.8. The predicted molar refractivity (Wildman–Crippen MR) is 88.1 cm³/mol. The Balaban J connectivity index is 1.93. The summed E-state index contributed by atoms with van der Waals surface area (Å²) in [7, 11) is 0. The number of carbonyl (C=O) groups excluding carboxylic acids is 1. The van der Waals surface area contributed by atoms with Gasteiger partial charge in [0.2, 0.25) is 0 Å². The lowest BCUT2D eigenvalue weighted by Crippen LogP contribution is -2.16. The number of alkyl halides is 1. The Morgan fingerprint density at radius 2 is 2.00 bits per heavy atom. The number of ether oxygens (including phenoxy) is 1. The molecule has 1 heterocycles. The molecule has 0 bridgehead atoms. The highest BCUT2D eigenvalue weighted by molar-refractivity contribution is 6.18. The summed E-state index contributed by atoms with van der Waals surface area (Å²) in [5, 5.41) is 5.54. The van der Waals surface area contributed by atoms with Crippen molar-refractivity contribution >= 4 is 35.0 Å². The minimum absolute atomic E-state index is 0.109. The van der Waals surface area contributed by atoms with Gasteiger partial charge in [-0.05, 0) is 29.8 Å². The fraction of sp³-hybridized carbons (Fsp3) is 0.200. The molecule has 122 valence electrons. The standard InChI is InChI=1S/C15H16ClFN4O2/c16-7-8-23-15(22)20-12-5-6-13(21-14(12)18)19-9-10-1-3-11(17)4-2-10/h1-6H,7-9H2,(H,20,22)(H3,18,19,21). The number of nitrogen functional groups attached to an aromatic ring is 1. The minimum atomic E-state index is -0.647. The molecule has 1 amide bonds. The van der Waals surface area contributed by atoms with E-state index in [4.69, 9.17) is 22.1 Å². The van der Waals surface area contributed by atoms with Crippen molar-refractivity contribution in [2.75, 3.05) is 28.9 Å².